The molecule has 0 saturated carbocycles. The molecule has 0 fully saturated rings. The average molecular weight is 179 g/mol. The highest BCUT2D eigenvalue weighted by molar-refractivity contribution is 5.97. The van der Waals surface area contributed by atoms with Gasteiger partial charge in [0.15, 0.2) is 11.9 Å². The molecule has 0 saturated heterocycles. The summed E-state index contributed by atoms with van der Waals surface area (Å²) in [5, 5.41) is 4.10. The number of nitrogens with zero attached hydrogens (tertiary/aromatic N) is 1. The molecule has 4 heteroatoms. The van der Waals surface area contributed by atoms with Crippen LogP contribution in [0.2, 0.25) is 0 Å². The van der Waals surface area contributed by atoms with Crippen LogP contribution in [0.3, 0.4) is 0 Å². The Labute approximate surface area is 73.1 Å². The predicted octanol–water partition coefficient (Wildman–Crippen LogP) is 2.09. The maximum atomic E-state index is 13.1. The summed E-state index contributed by atoms with van der Waals surface area (Å²) in [5.41, 5.74) is 0.967. The third kappa shape index (κ3) is 1.02. The molecule has 2 aromatic rings. The van der Waals surface area contributed by atoms with Crippen molar-refractivity contribution in [2.24, 2.45) is 0 Å². The molecule has 0 bridgehead atoms. The Morgan fingerprint density at radius 2 is 2.31 bits per heavy atom. The molecule has 0 spiro atoms. The summed E-state index contributed by atoms with van der Waals surface area (Å²) in [6.45, 7) is 1.66. The van der Waals surface area contributed by atoms with E-state index in [1.54, 1.807) is 6.92 Å². The van der Waals surface area contributed by atoms with Crippen molar-refractivity contribution in [3.05, 3.63) is 29.2 Å². The van der Waals surface area contributed by atoms with Crippen LogP contribution in [0, 0.1) is 12.7 Å². The number of rotatable bonds is 1. The van der Waals surface area contributed by atoms with E-state index in [2.05, 4.69) is 5.16 Å². The Bertz CT molecular complexity index is 476. The van der Waals surface area contributed by atoms with Gasteiger partial charge in [0.1, 0.15) is 5.82 Å². The van der Waals surface area contributed by atoms with Crippen LogP contribution in [0.5, 0.6) is 0 Å². The van der Waals surface area contributed by atoms with Gasteiger partial charge in [-0.2, -0.15) is 0 Å². The van der Waals surface area contributed by atoms with Gasteiger partial charge in [-0.3, -0.25) is 4.79 Å². The zero-order valence-corrected chi connectivity index (χ0v) is 6.87. The highest BCUT2D eigenvalue weighted by Crippen LogP contribution is 2.23. The molecule has 0 aliphatic rings. The Hall–Kier alpha value is -1.71. The molecule has 0 aliphatic heterocycles. The number of halogens is 1. The van der Waals surface area contributed by atoms with Crippen LogP contribution in [0.1, 0.15) is 16.1 Å². The predicted molar refractivity (Wildman–Crippen MR) is 44.1 cm³/mol. The molecule has 1 aromatic carbocycles. The minimum absolute atomic E-state index is 0.0104. The van der Waals surface area contributed by atoms with Gasteiger partial charge < -0.3 is 4.52 Å². The lowest BCUT2D eigenvalue weighted by atomic mass is 10.1. The van der Waals surface area contributed by atoms with Crippen molar-refractivity contribution in [3.63, 3.8) is 0 Å². The Morgan fingerprint density at radius 3 is 3.00 bits per heavy atom. The number of aromatic nitrogens is 1. The van der Waals surface area contributed by atoms with E-state index < -0.39 is 5.82 Å². The molecule has 0 N–H and O–H groups in total. The van der Waals surface area contributed by atoms with Gasteiger partial charge in [0, 0.05) is 0 Å². The lowest BCUT2D eigenvalue weighted by molar-refractivity contribution is 0.112. The molecule has 1 heterocycles. The number of aryl methyl sites for hydroxylation is 1. The fourth-order valence-corrected chi connectivity index (χ4v) is 1.30. The molecule has 3 nitrogen and oxygen atoms in total. The molecule has 0 aliphatic carbocycles. The molecular formula is C9H6FNO2. The van der Waals surface area contributed by atoms with Crippen molar-refractivity contribution in [1.82, 2.24) is 5.16 Å². The molecule has 0 atom stereocenters. The van der Waals surface area contributed by atoms with Gasteiger partial charge >= 0.3 is 0 Å². The zero-order valence-electron chi connectivity index (χ0n) is 6.87. The van der Waals surface area contributed by atoms with Crippen LogP contribution in [-0.2, 0) is 0 Å². The van der Waals surface area contributed by atoms with Gasteiger partial charge in [0.25, 0.3) is 0 Å². The van der Waals surface area contributed by atoms with E-state index in [-0.39, 0.29) is 5.56 Å². The van der Waals surface area contributed by atoms with Crippen LogP contribution in [0.4, 0.5) is 4.39 Å². The van der Waals surface area contributed by atoms with Crippen molar-refractivity contribution >= 4 is 17.3 Å². The topological polar surface area (TPSA) is 43.1 Å². The minimum Gasteiger partial charge on any atom is -0.356 e. The molecule has 0 amide bonds. The standard InChI is InChI=1S/C9H6FNO2/c1-5-9-6(4-12)7(10)2-3-8(9)13-11-5/h2-4H,1H3. The maximum Gasteiger partial charge on any atom is 0.168 e. The molecular weight excluding hydrogens is 173 g/mol. The summed E-state index contributed by atoms with van der Waals surface area (Å²) in [4.78, 5) is 10.6. The molecule has 1 aromatic heterocycles. The van der Waals surface area contributed by atoms with Crippen molar-refractivity contribution < 1.29 is 13.7 Å². The quantitative estimate of drug-likeness (QED) is 0.629. The Balaban J connectivity index is 2.96. The average Bonchev–Trinajstić information content (AvgIpc) is 2.49. The van der Waals surface area contributed by atoms with E-state index in [4.69, 9.17) is 4.52 Å². The van der Waals surface area contributed by atoms with E-state index >= 15 is 0 Å². The van der Waals surface area contributed by atoms with E-state index in [1.807, 2.05) is 0 Å². The number of carbonyl (C=O) groups is 1. The number of aldehydes is 1. The van der Waals surface area contributed by atoms with Gasteiger partial charge in [0.05, 0.1) is 16.6 Å². The summed E-state index contributed by atoms with van der Waals surface area (Å²) in [5.74, 6) is -0.547. The zero-order chi connectivity index (χ0) is 9.42. The molecule has 0 radical (unpaired) electrons. The maximum absolute atomic E-state index is 13.1. The van der Waals surface area contributed by atoms with Gasteiger partial charge in [0.2, 0.25) is 0 Å². The summed E-state index contributed by atoms with van der Waals surface area (Å²) in [6.07, 6.45) is 0.474. The second kappa shape index (κ2) is 2.65. The number of hydrogen-bond acceptors (Lipinski definition) is 3. The Morgan fingerprint density at radius 1 is 1.54 bits per heavy atom. The van der Waals surface area contributed by atoms with Crippen molar-refractivity contribution in [3.8, 4) is 0 Å². The summed E-state index contributed by atoms with van der Waals surface area (Å²) in [7, 11) is 0. The SMILES string of the molecule is Cc1noc2ccc(F)c(C=O)c12. The summed E-state index contributed by atoms with van der Waals surface area (Å²) < 4.78 is 17.9. The minimum atomic E-state index is -0.547. The monoisotopic (exact) mass is 179 g/mol. The fraction of sp³-hybridized carbons (Fsp3) is 0.111. The Kier molecular flexibility index (Phi) is 1.62. The van der Waals surface area contributed by atoms with Gasteiger partial charge in [-0.1, -0.05) is 5.16 Å². The van der Waals surface area contributed by atoms with Crippen molar-refractivity contribution in [1.29, 1.82) is 0 Å². The van der Waals surface area contributed by atoms with E-state index in [0.717, 1.165) is 0 Å². The van der Waals surface area contributed by atoms with Crippen molar-refractivity contribution in [2.45, 2.75) is 6.92 Å². The number of hydrogen-bond donors (Lipinski definition) is 0. The van der Waals surface area contributed by atoms with E-state index in [1.165, 1.54) is 12.1 Å². The van der Waals surface area contributed by atoms with Crippen LogP contribution in [0.25, 0.3) is 11.0 Å². The number of fused-ring (bicyclic) bond motifs is 1. The summed E-state index contributed by atoms with van der Waals surface area (Å²) >= 11 is 0. The third-order valence-electron chi connectivity index (χ3n) is 1.91. The second-order valence-corrected chi connectivity index (χ2v) is 2.72. The highest BCUT2D eigenvalue weighted by Gasteiger charge is 2.12. The molecule has 0 unspecified atom stereocenters. The van der Waals surface area contributed by atoms with E-state index in [0.29, 0.717) is 22.9 Å². The van der Waals surface area contributed by atoms with Crippen LogP contribution in [-0.4, -0.2) is 11.4 Å². The first-order chi connectivity index (χ1) is 6.24. The van der Waals surface area contributed by atoms with Crippen molar-refractivity contribution in [2.75, 3.05) is 0 Å². The van der Waals surface area contributed by atoms with Crippen LogP contribution >= 0.6 is 0 Å². The first-order valence-electron chi connectivity index (χ1n) is 3.73. The third-order valence-corrected chi connectivity index (χ3v) is 1.91. The number of carbonyl (C=O) groups excluding carboxylic acids is 1. The fourth-order valence-electron chi connectivity index (χ4n) is 1.30. The largest absolute Gasteiger partial charge is 0.356 e. The van der Waals surface area contributed by atoms with Gasteiger partial charge in [-0.15, -0.1) is 0 Å². The second-order valence-electron chi connectivity index (χ2n) is 2.72. The smallest absolute Gasteiger partial charge is 0.168 e. The normalized spacial score (nSPS) is 10.6. The van der Waals surface area contributed by atoms with Crippen LogP contribution < -0.4 is 0 Å². The molecule has 66 valence electrons. The summed E-state index contributed by atoms with van der Waals surface area (Å²) in [6, 6.07) is 2.65. The van der Waals surface area contributed by atoms with Gasteiger partial charge in [-0.25, -0.2) is 4.39 Å². The first-order valence-corrected chi connectivity index (χ1v) is 3.73. The first kappa shape index (κ1) is 7.91. The van der Waals surface area contributed by atoms with E-state index in [9.17, 15) is 9.18 Å². The lowest BCUT2D eigenvalue weighted by Gasteiger charge is -1.94. The number of benzene rings is 1. The van der Waals surface area contributed by atoms with Crippen LogP contribution in [0.15, 0.2) is 16.7 Å². The molecule has 13 heavy (non-hydrogen) atoms. The molecule has 2 rings (SSSR count). The highest BCUT2D eigenvalue weighted by atomic mass is 19.1. The van der Waals surface area contributed by atoms with Gasteiger partial charge in [-0.05, 0) is 19.1 Å². The lowest BCUT2D eigenvalue weighted by Crippen LogP contribution is -1.88.